The Morgan fingerprint density at radius 1 is 1.04 bits per heavy atom. The fraction of sp³-hybridized carbons (Fsp3) is 0.150. The summed E-state index contributed by atoms with van der Waals surface area (Å²) in [6.07, 6.45) is 1.52. The predicted molar refractivity (Wildman–Crippen MR) is 102 cm³/mol. The van der Waals surface area contributed by atoms with E-state index in [1.54, 1.807) is 19.1 Å². The zero-order valence-corrected chi connectivity index (χ0v) is 14.6. The zero-order chi connectivity index (χ0) is 18.5. The van der Waals surface area contributed by atoms with Gasteiger partial charge in [-0.05, 0) is 37.3 Å². The molecule has 0 atom stereocenters. The first-order valence-electron chi connectivity index (χ1n) is 8.28. The summed E-state index contributed by atoms with van der Waals surface area (Å²) in [6.45, 7) is 3.51. The summed E-state index contributed by atoms with van der Waals surface area (Å²) in [4.78, 5) is 27.8. The van der Waals surface area contributed by atoms with Gasteiger partial charge in [-0.3, -0.25) is 9.78 Å². The molecular weight excluding hydrogens is 330 g/mol. The highest BCUT2D eigenvalue weighted by atomic mass is 16.5. The summed E-state index contributed by atoms with van der Waals surface area (Å²) < 4.78 is 5.15. The number of nitrogens with zero attached hydrogens (tertiary/aromatic N) is 1. The number of fused-ring (bicyclic) bond motifs is 1. The van der Waals surface area contributed by atoms with Gasteiger partial charge in [0.1, 0.15) is 5.56 Å². The maximum atomic E-state index is 12.3. The number of carbonyl (C=O) groups excluding carboxylic acids is 2. The van der Waals surface area contributed by atoms with E-state index in [2.05, 4.69) is 15.6 Å². The van der Waals surface area contributed by atoms with Gasteiger partial charge in [-0.25, -0.2) is 4.79 Å². The molecule has 2 aromatic carbocycles. The number of hydrogen-bond donors (Lipinski definition) is 2. The monoisotopic (exact) mass is 349 g/mol. The van der Waals surface area contributed by atoms with Gasteiger partial charge in [0, 0.05) is 29.9 Å². The average Bonchev–Trinajstić information content (AvgIpc) is 2.63. The van der Waals surface area contributed by atoms with Crippen molar-refractivity contribution in [1.29, 1.82) is 0 Å². The van der Waals surface area contributed by atoms with E-state index in [0.29, 0.717) is 16.9 Å². The SMILES string of the molecule is CCOC(=O)c1cnc2ccccc2c1Nc1ccc(NC(C)=O)cc1. The molecule has 1 amide bonds. The molecule has 26 heavy (non-hydrogen) atoms. The van der Waals surface area contributed by atoms with Crippen molar-refractivity contribution >= 4 is 39.8 Å². The number of amides is 1. The van der Waals surface area contributed by atoms with Gasteiger partial charge in [0.25, 0.3) is 0 Å². The Morgan fingerprint density at radius 2 is 1.73 bits per heavy atom. The highest BCUT2D eigenvalue weighted by Crippen LogP contribution is 2.30. The molecule has 3 aromatic rings. The van der Waals surface area contributed by atoms with Crippen LogP contribution < -0.4 is 10.6 Å². The standard InChI is InChI=1S/C20H19N3O3/c1-3-26-20(25)17-12-21-18-7-5-4-6-16(18)19(17)23-15-10-8-14(9-11-15)22-13(2)24/h4-12H,3H2,1-2H3,(H,21,23)(H,22,24). The molecule has 6 heteroatoms. The number of ether oxygens (including phenoxy) is 1. The first kappa shape index (κ1) is 17.4. The van der Waals surface area contributed by atoms with E-state index in [0.717, 1.165) is 16.6 Å². The van der Waals surface area contributed by atoms with E-state index in [1.807, 2.05) is 36.4 Å². The smallest absolute Gasteiger partial charge is 0.341 e. The number of nitrogens with one attached hydrogen (secondary N) is 2. The lowest BCUT2D eigenvalue weighted by molar-refractivity contribution is -0.114. The Morgan fingerprint density at radius 3 is 2.42 bits per heavy atom. The predicted octanol–water partition coefficient (Wildman–Crippen LogP) is 4.11. The highest BCUT2D eigenvalue weighted by Gasteiger charge is 2.16. The molecule has 0 radical (unpaired) electrons. The molecule has 2 N–H and O–H groups in total. The number of carbonyl (C=O) groups is 2. The second kappa shape index (κ2) is 7.65. The molecule has 0 aliphatic carbocycles. The van der Waals surface area contributed by atoms with Crippen molar-refractivity contribution in [2.24, 2.45) is 0 Å². The van der Waals surface area contributed by atoms with Crippen LogP contribution in [0.5, 0.6) is 0 Å². The van der Waals surface area contributed by atoms with Crippen LogP contribution >= 0.6 is 0 Å². The number of hydrogen-bond acceptors (Lipinski definition) is 5. The normalized spacial score (nSPS) is 10.4. The fourth-order valence-corrected chi connectivity index (χ4v) is 2.62. The largest absolute Gasteiger partial charge is 0.462 e. The van der Waals surface area contributed by atoms with Crippen molar-refractivity contribution in [3.05, 3.63) is 60.3 Å². The second-order valence-corrected chi connectivity index (χ2v) is 5.67. The molecule has 1 aromatic heterocycles. The maximum Gasteiger partial charge on any atom is 0.341 e. The summed E-state index contributed by atoms with van der Waals surface area (Å²) in [6, 6.07) is 14.8. The number of rotatable bonds is 5. The van der Waals surface area contributed by atoms with Crippen LogP contribution in [0.1, 0.15) is 24.2 Å². The first-order valence-corrected chi connectivity index (χ1v) is 8.28. The molecule has 0 aliphatic rings. The van der Waals surface area contributed by atoms with Crippen molar-refractivity contribution in [3.63, 3.8) is 0 Å². The Hall–Kier alpha value is -3.41. The zero-order valence-electron chi connectivity index (χ0n) is 14.6. The van der Waals surface area contributed by atoms with Gasteiger partial charge in [0.15, 0.2) is 0 Å². The van der Waals surface area contributed by atoms with E-state index in [1.165, 1.54) is 13.1 Å². The Labute approximate surface area is 151 Å². The highest BCUT2D eigenvalue weighted by molar-refractivity contribution is 6.06. The van der Waals surface area contributed by atoms with Gasteiger partial charge in [0.2, 0.25) is 5.91 Å². The molecule has 0 saturated heterocycles. The van der Waals surface area contributed by atoms with Crippen molar-refractivity contribution in [2.45, 2.75) is 13.8 Å². The lowest BCUT2D eigenvalue weighted by Gasteiger charge is -2.14. The lowest BCUT2D eigenvalue weighted by Crippen LogP contribution is -2.09. The van der Waals surface area contributed by atoms with Gasteiger partial charge in [-0.2, -0.15) is 0 Å². The molecule has 0 saturated carbocycles. The number of para-hydroxylation sites is 1. The molecule has 6 nitrogen and oxygen atoms in total. The molecule has 0 bridgehead atoms. The third-order valence-corrected chi connectivity index (χ3v) is 3.75. The van der Waals surface area contributed by atoms with Crippen LogP contribution in [0, 0.1) is 0 Å². The number of pyridine rings is 1. The minimum absolute atomic E-state index is 0.129. The Balaban J connectivity index is 2.00. The molecule has 132 valence electrons. The average molecular weight is 349 g/mol. The summed E-state index contributed by atoms with van der Waals surface area (Å²) in [7, 11) is 0. The molecule has 1 heterocycles. The van der Waals surface area contributed by atoms with Crippen molar-refractivity contribution in [3.8, 4) is 0 Å². The van der Waals surface area contributed by atoms with E-state index in [4.69, 9.17) is 4.74 Å². The molecule has 0 unspecified atom stereocenters. The fourth-order valence-electron chi connectivity index (χ4n) is 2.62. The Bertz CT molecular complexity index is 952. The molecule has 3 rings (SSSR count). The van der Waals surface area contributed by atoms with E-state index in [9.17, 15) is 9.59 Å². The number of esters is 1. The van der Waals surface area contributed by atoms with Gasteiger partial charge in [-0.15, -0.1) is 0 Å². The Kier molecular flexibility index (Phi) is 5.12. The molecule has 0 spiro atoms. The van der Waals surface area contributed by atoms with E-state index >= 15 is 0 Å². The first-order chi connectivity index (χ1) is 12.6. The van der Waals surface area contributed by atoms with Gasteiger partial charge >= 0.3 is 5.97 Å². The second-order valence-electron chi connectivity index (χ2n) is 5.67. The van der Waals surface area contributed by atoms with Crippen molar-refractivity contribution in [2.75, 3.05) is 17.2 Å². The molecule has 0 fully saturated rings. The van der Waals surface area contributed by atoms with Crippen molar-refractivity contribution in [1.82, 2.24) is 4.98 Å². The summed E-state index contributed by atoms with van der Waals surface area (Å²) in [5.74, 6) is -0.557. The van der Waals surface area contributed by atoms with Crippen LogP contribution in [0.25, 0.3) is 10.9 Å². The van der Waals surface area contributed by atoms with E-state index in [-0.39, 0.29) is 12.5 Å². The van der Waals surface area contributed by atoms with Crippen LogP contribution in [0.3, 0.4) is 0 Å². The van der Waals surface area contributed by atoms with Crippen LogP contribution in [0.15, 0.2) is 54.7 Å². The summed E-state index contributed by atoms with van der Waals surface area (Å²) in [5.41, 5.74) is 3.27. The minimum Gasteiger partial charge on any atom is -0.462 e. The van der Waals surface area contributed by atoms with Gasteiger partial charge in [0.05, 0.1) is 17.8 Å². The van der Waals surface area contributed by atoms with Crippen LogP contribution in [-0.2, 0) is 9.53 Å². The summed E-state index contributed by atoms with van der Waals surface area (Å²) in [5, 5.41) is 6.83. The molecular formula is C20H19N3O3. The quantitative estimate of drug-likeness (QED) is 0.678. The van der Waals surface area contributed by atoms with Crippen LogP contribution in [-0.4, -0.2) is 23.5 Å². The van der Waals surface area contributed by atoms with Crippen LogP contribution in [0.2, 0.25) is 0 Å². The minimum atomic E-state index is -0.428. The topological polar surface area (TPSA) is 80.3 Å². The number of aromatic nitrogens is 1. The maximum absolute atomic E-state index is 12.3. The van der Waals surface area contributed by atoms with Gasteiger partial charge in [-0.1, -0.05) is 18.2 Å². The number of anilines is 3. The number of benzene rings is 2. The lowest BCUT2D eigenvalue weighted by atomic mass is 10.1. The van der Waals surface area contributed by atoms with Gasteiger partial charge < -0.3 is 15.4 Å². The third-order valence-electron chi connectivity index (χ3n) is 3.75. The summed E-state index contributed by atoms with van der Waals surface area (Å²) >= 11 is 0. The molecule has 0 aliphatic heterocycles. The van der Waals surface area contributed by atoms with Crippen molar-refractivity contribution < 1.29 is 14.3 Å². The third kappa shape index (κ3) is 3.80. The van der Waals surface area contributed by atoms with Crippen LogP contribution in [0.4, 0.5) is 17.1 Å². The van der Waals surface area contributed by atoms with E-state index < -0.39 is 5.97 Å².